The van der Waals surface area contributed by atoms with Crippen molar-refractivity contribution < 1.29 is 5.48 Å². The fourth-order valence-electron chi connectivity index (χ4n) is 6.01. The van der Waals surface area contributed by atoms with Gasteiger partial charge in [-0.15, -0.1) is 22.7 Å². The van der Waals surface area contributed by atoms with E-state index in [-0.39, 0.29) is 24.2 Å². The minimum atomic E-state index is -0.230. The van der Waals surface area contributed by atoms with Crippen LogP contribution in [0.3, 0.4) is 0 Å². The maximum absolute atomic E-state index is 8.71. The van der Waals surface area contributed by atoms with Crippen molar-refractivity contribution in [2.75, 3.05) is 0 Å². The van der Waals surface area contributed by atoms with Crippen molar-refractivity contribution >= 4 is 63.0 Å². The highest BCUT2D eigenvalue weighted by atomic mass is 32.1. The lowest BCUT2D eigenvalue weighted by molar-refractivity contribution is 1.19. The molecule has 0 saturated heterocycles. The van der Waals surface area contributed by atoms with Gasteiger partial charge in [-0.1, -0.05) is 109 Å². The molecular formula is C40H24N2S2. The summed E-state index contributed by atoms with van der Waals surface area (Å²) in [7, 11) is 0. The maximum Gasteiger partial charge on any atom is 0.160 e. The normalized spacial score (nSPS) is 12.9. The second-order valence-corrected chi connectivity index (χ2v) is 12.8. The van der Waals surface area contributed by atoms with E-state index in [2.05, 4.69) is 72.8 Å². The molecule has 0 spiro atoms. The van der Waals surface area contributed by atoms with E-state index in [0.29, 0.717) is 15.9 Å². The number of fused-ring (bicyclic) bond motifs is 6. The van der Waals surface area contributed by atoms with Crippen LogP contribution < -0.4 is 0 Å². The van der Waals surface area contributed by atoms with Crippen LogP contribution in [0.5, 0.6) is 0 Å². The summed E-state index contributed by atoms with van der Waals surface area (Å²) in [4.78, 5) is 10.4. The van der Waals surface area contributed by atoms with Gasteiger partial charge < -0.3 is 0 Å². The van der Waals surface area contributed by atoms with Crippen molar-refractivity contribution in [3.63, 3.8) is 0 Å². The summed E-state index contributed by atoms with van der Waals surface area (Å²) < 4.78 is 37.6. The van der Waals surface area contributed by atoms with Gasteiger partial charge >= 0.3 is 0 Å². The van der Waals surface area contributed by atoms with Crippen LogP contribution in [0.4, 0.5) is 0 Å². The highest BCUT2D eigenvalue weighted by Gasteiger charge is 2.17. The molecule has 9 rings (SSSR count). The zero-order valence-corrected chi connectivity index (χ0v) is 24.9. The fourth-order valence-corrected chi connectivity index (χ4v) is 8.22. The Morgan fingerprint density at radius 3 is 2.07 bits per heavy atom. The van der Waals surface area contributed by atoms with Crippen molar-refractivity contribution in [3.05, 3.63) is 145 Å². The van der Waals surface area contributed by atoms with E-state index in [1.165, 1.54) is 31.5 Å². The molecule has 9 aromatic rings. The summed E-state index contributed by atoms with van der Waals surface area (Å²) in [6, 6.07) is 41.0. The summed E-state index contributed by atoms with van der Waals surface area (Å²) in [5.41, 5.74) is 6.58. The van der Waals surface area contributed by atoms with Crippen LogP contribution >= 0.6 is 22.7 Å². The molecule has 0 bridgehead atoms. The monoisotopic (exact) mass is 600 g/mol. The Morgan fingerprint density at radius 2 is 1.16 bits per heavy atom. The van der Waals surface area contributed by atoms with Crippen LogP contribution in [0.1, 0.15) is 5.48 Å². The third-order valence-corrected chi connectivity index (χ3v) is 10.4. The first kappa shape index (κ1) is 21.5. The molecule has 0 aliphatic heterocycles. The van der Waals surface area contributed by atoms with E-state index < -0.39 is 0 Å². The van der Waals surface area contributed by atoms with Crippen LogP contribution in [-0.4, -0.2) is 9.97 Å². The number of benzene rings is 6. The van der Waals surface area contributed by atoms with Gasteiger partial charge in [-0.2, -0.15) is 0 Å². The van der Waals surface area contributed by atoms with Crippen LogP contribution in [0, 0.1) is 0 Å². The van der Waals surface area contributed by atoms with Gasteiger partial charge in [-0.3, -0.25) is 0 Å². The largest absolute Gasteiger partial charge is 0.228 e. The first-order chi connectivity index (χ1) is 23.5. The van der Waals surface area contributed by atoms with E-state index in [9.17, 15) is 0 Å². The zero-order valence-electron chi connectivity index (χ0n) is 27.3. The van der Waals surface area contributed by atoms with E-state index in [4.69, 9.17) is 15.5 Å². The quantitative estimate of drug-likeness (QED) is 0.201. The molecule has 6 aromatic carbocycles. The van der Waals surface area contributed by atoms with E-state index in [1.54, 1.807) is 11.3 Å². The summed E-state index contributed by atoms with van der Waals surface area (Å²) >= 11 is 3.15. The van der Waals surface area contributed by atoms with Gasteiger partial charge in [0.15, 0.2) is 5.82 Å². The lowest BCUT2D eigenvalue weighted by atomic mass is 9.96. The van der Waals surface area contributed by atoms with Crippen LogP contribution in [0.15, 0.2) is 145 Å². The van der Waals surface area contributed by atoms with Gasteiger partial charge in [0.05, 0.1) is 16.9 Å². The average molecular weight is 601 g/mol. The van der Waals surface area contributed by atoms with Crippen LogP contribution in [-0.2, 0) is 0 Å². The smallest absolute Gasteiger partial charge is 0.160 e. The number of hydrogen-bond donors (Lipinski definition) is 0. The van der Waals surface area contributed by atoms with Gasteiger partial charge in [0.2, 0.25) is 0 Å². The van der Waals surface area contributed by atoms with Gasteiger partial charge in [0.25, 0.3) is 0 Å². The van der Waals surface area contributed by atoms with Crippen molar-refractivity contribution in [1.29, 1.82) is 0 Å². The lowest BCUT2D eigenvalue weighted by Crippen LogP contribution is -1.97. The molecule has 0 aliphatic rings. The SMILES string of the molecule is [2H]c1c([2H])c([2H])c2c(sc3ccc(-c4nc(-c5ccccc5-c5ccccc5)cc(-c5cccc6c5sc5ccccc56)n4)cc32)c1[2H]. The van der Waals surface area contributed by atoms with Crippen LogP contribution in [0.25, 0.3) is 85.4 Å². The Morgan fingerprint density at radius 1 is 0.455 bits per heavy atom. The number of aromatic nitrogens is 2. The van der Waals surface area contributed by atoms with E-state index in [0.717, 1.165) is 49.3 Å². The second kappa shape index (κ2) is 10.2. The molecule has 44 heavy (non-hydrogen) atoms. The first-order valence-corrected chi connectivity index (χ1v) is 16.0. The molecule has 4 heteroatoms. The Bertz CT molecular complexity index is 2730. The Hall–Kier alpha value is -5.16. The molecule has 0 N–H and O–H groups in total. The molecule has 0 unspecified atom stereocenters. The van der Waals surface area contributed by atoms with Gasteiger partial charge in [-0.05, 0) is 47.5 Å². The Kier molecular flexibility index (Phi) is 5.00. The summed E-state index contributed by atoms with van der Waals surface area (Å²) in [6.45, 7) is 0. The second-order valence-electron chi connectivity index (χ2n) is 10.7. The van der Waals surface area contributed by atoms with Gasteiger partial charge in [0.1, 0.15) is 0 Å². The molecule has 3 aromatic heterocycles. The van der Waals surface area contributed by atoms with Gasteiger partial charge in [0, 0.05) is 57.0 Å². The number of thiophene rings is 2. The molecule has 2 nitrogen and oxygen atoms in total. The third-order valence-electron chi connectivity index (χ3n) is 8.07. The van der Waals surface area contributed by atoms with E-state index >= 15 is 0 Å². The summed E-state index contributed by atoms with van der Waals surface area (Å²) in [6.07, 6.45) is 0. The number of nitrogens with zero attached hydrogens (tertiary/aromatic N) is 2. The molecule has 0 radical (unpaired) electrons. The zero-order chi connectivity index (χ0) is 32.5. The first-order valence-electron chi connectivity index (χ1n) is 16.3. The van der Waals surface area contributed by atoms with Crippen molar-refractivity contribution in [1.82, 2.24) is 9.97 Å². The van der Waals surface area contributed by atoms with Crippen molar-refractivity contribution in [3.8, 4) is 45.0 Å². The molecule has 0 saturated carbocycles. The highest BCUT2D eigenvalue weighted by molar-refractivity contribution is 7.26. The lowest BCUT2D eigenvalue weighted by Gasteiger charge is -2.13. The summed E-state index contributed by atoms with van der Waals surface area (Å²) in [5.74, 6) is 0.547. The molecule has 0 fully saturated rings. The fraction of sp³-hybridized carbons (Fsp3) is 0. The minimum absolute atomic E-state index is 0.0109. The van der Waals surface area contributed by atoms with Crippen molar-refractivity contribution in [2.45, 2.75) is 0 Å². The Balaban J connectivity index is 1.32. The average Bonchev–Trinajstić information content (AvgIpc) is 3.72. The number of hydrogen-bond acceptors (Lipinski definition) is 4. The van der Waals surface area contributed by atoms with Gasteiger partial charge in [-0.25, -0.2) is 9.97 Å². The molecule has 0 atom stereocenters. The highest BCUT2D eigenvalue weighted by Crippen LogP contribution is 2.42. The summed E-state index contributed by atoms with van der Waals surface area (Å²) in [5, 5.41) is 3.72. The minimum Gasteiger partial charge on any atom is -0.228 e. The predicted molar refractivity (Wildman–Crippen MR) is 190 cm³/mol. The standard InChI is InChI=1S/C40H24N2S2/c1-2-11-25(12-3-1)27-13-4-5-14-28(27)34-24-35(32-18-10-17-31-29-15-6-9-20-37(29)44-39(31)32)42-40(41-34)26-21-22-38-33(23-26)30-16-7-8-19-36(30)43-38/h1-24H/i7D,8D,16D,19D. The topological polar surface area (TPSA) is 25.8 Å². The molecular weight excluding hydrogens is 573 g/mol. The Labute approximate surface area is 268 Å². The third kappa shape index (κ3) is 4.15. The predicted octanol–water partition coefficient (Wildman–Crippen LogP) is 11.9. The van der Waals surface area contributed by atoms with E-state index in [1.807, 2.05) is 48.5 Å². The maximum atomic E-state index is 8.71. The van der Waals surface area contributed by atoms with Crippen molar-refractivity contribution in [2.24, 2.45) is 0 Å². The van der Waals surface area contributed by atoms with Crippen LogP contribution in [0.2, 0.25) is 0 Å². The molecule has 0 amide bonds. The molecule has 3 heterocycles. The molecule has 0 aliphatic carbocycles. The molecule has 206 valence electrons. The number of rotatable bonds is 4.